The number of fused-ring (bicyclic) bond motifs is 1. The van der Waals surface area contributed by atoms with Crippen LogP contribution < -0.4 is 0 Å². The number of esters is 1. The summed E-state index contributed by atoms with van der Waals surface area (Å²) in [5.74, 6) is 0.637. The lowest BCUT2D eigenvalue weighted by atomic mass is 9.97. The normalized spacial score (nSPS) is 15.5. The zero-order chi connectivity index (χ0) is 19.1. The molecule has 140 valence electrons. The summed E-state index contributed by atoms with van der Waals surface area (Å²) in [5, 5.41) is 0. The molecule has 26 heavy (non-hydrogen) atoms. The van der Waals surface area contributed by atoms with Gasteiger partial charge in [-0.1, -0.05) is 32.9 Å². The number of benzene rings is 1. The van der Waals surface area contributed by atoms with Crippen molar-refractivity contribution in [2.75, 3.05) is 13.7 Å². The molecule has 0 bridgehead atoms. The molecule has 1 aliphatic rings. The summed E-state index contributed by atoms with van der Waals surface area (Å²) in [5.41, 5.74) is 0.398. The van der Waals surface area contributed by atoms with Gasteiger partial charge in [0.05, 0.1) is 29.8 Å². The molecular weight excluding hydrogens is 356 g/mol. The van der Waals surface area contributed by atoms with E-state index >= 15 is 0 Å². The molecule has 1 aromatic heterocycles. The Morgan fingerprint density at radius 1 is 1.27 bits per heavy atom. The Balaban J connectivity index is 1.96. The molecule has 2 heterocycles. The van der Waals surface area contributed by atoms with Crippen LogP contribution in [0.2, 0.25) is 0 Å². The molecule has 0 saturated heterocycles. The van der Waals surface area contributed by atoms with Crippen LogP contribution in [0.1, 0.15) is 48.5 Å². The van der Waals surface area contributed by atoms with E-state index < -0.39 is 16.0 Å². The van der Waals surface area contributed by atoms with E-state index in [0.717, 1.165) is 5.76 Å². The average Bonchev–Trinajstić information content (AvgIpc) is 3.04. The molecule has 1 aromatic carbocycles. The van der Waals surface area contributed by atoms with Crippen molar-refractivity contribution in [3.63, 3.8) is 0 Å². The number of hydrogen-bond donors (Lipinski definition) is 0. The number of oxazole rings is 1. The molecule has 1 aliphatic heterocycles. The molecule has 0 saturated carbocycles. The van der Waals surface area contributed by atoms with E-state index in [-0.39, 0.29) is 29.0 Å². The fourth-order valence-electron chi connectivity index (χ4n) is 2.81. The standard InChI is InChI=1S/C18H22N2O5S/c1-18(2,3)17-19-13-11-20(10-9-14(13)25-17)26(22,23)15-8-6-5-7-12(15)16(21)24-4/h5-8H,9-11H2,1-4H3. The first-order chi connectivity index (χ1) is 12.1. The molecule has 7 nitrogen and oxygen atoms in total. The van der Waals surface area contributed by atoms with Crippen molar-refractivity contribution in [1.29, 1.82) is 0 Å². The maximum absolute atomic E-state index is 13.1. The maximum Gasteiger partial charge on any atom is 0.339 e. The highest BCUT2D eigenvalue weighted by Gasteiger charge is 2.35. The van der Waals surface area contributed by atoms with Gasteiger partial charge in [-0.05, 0) is 12.1 Å². The van der Waals surface area contributed by atoms with Crippen LogP contribution in [0.3, 0.4) is 0 Å². The van der Waals surface area contributed by atoms with Crippen molar-refractivity contribution in [2.24, 2.45) is 0 Å². The maximum atomic E-state index is 13.1. The van der Waals surface area contributed by atoms with E-state index in [1.807, 2.05) is 20.8 Å². The second-order valence-electron chi connectivity index (χ2n) is 7.22. The Morgan fingerprint density at radius 2 is 1.96 bits per heavy atom. The van der Waals surface area contributed by atoms with E-state index in [1.165, 1.54) is 23.5 Å². The second kappa shape index (κ2) is 6.51. The third-order valence-corrected chi connectivity index (χ3v) is 6.15. The number of hydrogen-bond acceptors (Lipinski definition) is 6. The molecule has 0 spiro atoms. The first-order valence-electron chi connectivity index (χ1n) is 8.31. The van der Waals surface area contributed by atoms with Crippen LogP contribution in [0.25, 0.3) is 0 Å². The number of aromatic nitrogens is 1. The molecule has 0 amide bonds. The lowest BCUT2D eigenvalue weighted by Gasteiger charge is -2.25. The zero-order valence-electron chi connectivity index (χ0n) is 15.3. The monoisotopic (exact) mass is 378 g/mol. The van der Waals surface area contributed by atoms with Crippen molar-refractivity contribution in [1.82, 2.24) is 9.29 Å². The molecule has 0 aliphatic carbocycles. The molecule has 0 unspecified atom stereocenters. The Morgan fingerprint density at radius 3 is 2.62 bits per heavy atom. The van der Waals surface area contributed by atoms with Crippen molar-refractivity contribution >= 4 is 16.0 Å². The number of sulfonamides is 1. The van der Waals surface area contributed by atoms with E-state index in [9.17, 15) is 13.2 Å². The molecule has 0 N–H and O–H groups in total. The van der Waals surface area contributed by atoms with Gasteiger partial charge in [-0.25, -0.2) is 18.2 Å². The molecule has 2 aromatic rings. The van der Waals surface area contributed by atoms with Gasteiger partial charge in [-0.15, -0.1) is 0 Å². The van der Waals surface area contributed by atoms with Crippen molar-refractivity contribution in [3.8, 4) is 0 Å². The molecule has 3 rings (SSSR count). The van der Waals surface area contributed by atoms with Crippen LogP contribution in [-0.2, 0) is 33.1 Å². The topological polar surface area (TPSA) is 89.7 Å². The van der Waals surface area contributed by atoms with Gasteiger partial charge in [-0.3, -0.25) is 0 Å². The Hall–Kier alpha value is -2.19. The third-order valence-electron chi connectivity index (χ3n) is 4.24. The van der Waals surface area contributed by atoms with Gasteiger partial charge in [0.1, 0.15) is 5.76 Å². The van der Waals surface area contributed by atoms with Gasteiger partial charge in [0, 0.05) is 18.4 Å². The summed E-state index contributed by atoms with van der Waals surface area (Å²) in [6.45, 7) is 6.36. The Kier molecular flexibility index (Phi) is 4.66. The quantitative estimate of drug-likeness (QED) is 0.763. The zero-order valence-corrected chi connectivity index (χ0v) is 16.1. The number of ether oxygens (including phenoxy) is 1. The fraction of sp³-hybridized carbons (Fsp3) is 0.444. The minimum absolute atomic E-state index is 0.0244. The number of carbonyl (C=O) groups excluding carboxylic acids is 1. The minimum Gasteiger partial charge on any atom is -0.465 e. The van der Waals surface area contributed by atoms with Crippen LogP contribution in [-0.4, -0.2) is 37.3 Å². The predicted molar refractivity (Wildman–Crippen MR) is 94.3 cm³/mol. The SMILES string of the molecule is COC(=O)c1ccccc1S(=O)(=O)N1CCc2oc(C(C)(C)C)nc2C1. The summed E-state index contributed by atoms with van der Waals surface area (Å²) in [7, 11) is -2.64. The summed E-state index contributed by atoms with van der Waals surface area (Å²) in [6, 6.07) is 6.05. The Labute approximate surface area is 153 Å². The summed E-state index contributed by atoms with van der Waals surface area (Å²) >= 11 is 0. The van der Waals surface area contributed by atoms with Crippen LogP contribution in [0.4, 0.5) is 0 Å². The molecular formula is C18H22N2O5S. The summed E-state index contributed by atoms with van der Waals surface area (Å²) in [6.07, 6.45) is 0.442. The number of methoxy groups -OCH3 is 1. The number of carbonyl (C=O) groups is 1. The van der Waals surface area contributed by atoms with Gasteiger partial charge in [-0.2, -0.15) is 4.31 Å². The van der Waals surface area contributed by atoms with E-state index in [1.54, 1.807) is 12.1 Å². The van der Waals surface area contributed by atoms with Gasteiger partial charge < -0.3 is 9.15 Å². The molecule has 8 heteroatoms. The van der Waals surface area contributed by atoms with Crippen LogP contribution in [0.15, 0.2) is 33.6 Å². The van der Waals surface area contributed by atoms with Gasteiger partial charge in [0.2, 0.25) is 10.0 Å². The van der Waals surface area contributed by atoms with E-state index in [0.29, 0.717) is 18.0 Å². The average molecular weight is 378 g/mol. The van der Waals surface area contributed by atoms with E-state index in [2.05, 4.69) is 4.98 Å². The van der Waals surface area contributed by atoms with Gasteiger partial charge in [0.15, 0.2) is 5.89 Å². The number of rotatable bonds is 3. The Bertz CT molecular complexity index is 941. The van der Waals surface area contributed by atoms with E-state index in [4.69, 9.17) is 9.15 Å². The lowest BCUT2D eigenvalue weighted by Crippen LogP contribution is -2.36. The third kappa shape index (κ3) is 3.26. The lowest BCUT2D eigenvalue weighted by molar-refractivity contribution is 0.0596. The fourth-order valence-corrected chi connectivity index (χ4v) is 4.39. The summed E-state index contributed by atoms with van der Waals surface area (Å²) < 4.78 is 38.0. The van der Waals surface area contributed by atoms with Crippen LogP contribution in [0.5, 0.6) is 0 Å². The van der Waals surface area contributed by atoms with Gasteiger partial charge >= 0.3 is 5.97 Å². The minimum atomic E-state index is -3.87. The van der Waals surface area contributed by atoms with Crippen molar-refractivity contribution in [3.05, 3.63) is 47.2 Å². The van der Waals surface area contributed by atoms with Gasteiger partial charge in [0.25, 0.3) is 0 Å². The molecule has 0 radical (unpaired) electrons. The first-order valence-corrected chi connectivity index (χ1v) is 9.75. The predicted octanol–water partition coefficient (Wildman–Crippen LogP) is 2.51. The highest BCUT2D eigenvalue weighted by molar-refractivity contribution is 7.89. The highest BCUT2D eigenvalue weighted by Crippen LogP contribution is 2.30. The highest BCUT2D eigenvalue weighted by atomic mass is 32.2. The van der Waals surface area contributed by atoms with Crippen molar-refractivity contribution < 1.29 is 22.4 Å². The molecule has 0 fully saturated rings. The second-order valence-corrected chi connectivity index (χ2v) is 9.12. The van der Waals surface area contributed by atoms with Crippen LogP contribution in [0, 0.1) is 0 Å². The smallest absolute Gasteiger partial charge is 0.339 e. The summed E-state index contributed by atoms with van der Waals surface area (Å²) in [4.78, 5) is 16.4. The van der Waals surface area contributed by atoms with Crippen molar-refractivity contribution in [2.45, 2.75) is 44.0 Å². The largest absolute Gasteiger partial charge is 0.465 e. The van der Waals surface area contributed by atoms with Crippen LogP contribution >= 0.6 is 0 Å². The first kappa shape index (κ1) is 18.6. The number of nitrogens with zero attached hydrogens (tertiary/aromatic N) is 2. The molecule has 0 atom stereocenters.